The van der Waals surface area contributed by atoms with Gasteiger partial charge in [-0.05, 0) is 25.3 Å². The average molecular weight is 140 g/mol. The van der Waals surface area contributed by atoms with E-state index in [2.05, 4.69) is 11.5 Å². The summed E-state index contributed by atoms with van der Waals surface area (Å²) in [5, 5.41) is 0. The zero-order valence-corrected chi connectivity index (χ0v) is 6.39. The van der Waals surface area contributed by atoms with Gasteiger partial charge in [0.25, 0.3) is 0 Å². The van der Waals surface area contributed by atoms with Crippen molar-refractivity contribution in [2.75, 3.05) is 13.2 Å². The van der Waals surface area contributed by atoms with Crippen LogP contribution in [0.1, 0.15) is 13.8 Å². The highest BCUT2D eigenvalue weighted by Gasteiger charge is 1.63. The Bertz CT molecular complexity index is 131. The Kier molecular flexibility index (Phi) is 7.03. The van der Waals surface area contributed by atoms with Crippen molar-refractivity contribution in [2.45, 2.75) is 13.8 Å². The molecule has 2 heteroatoms. The van der Waals surface area contributed by atoms with Crippen LogP contribution in [0.3, 0.4) is 0 Å². The van der Waals surface area contributed by atoms with E-state index in [-0.39, 0.29) is 0 Å². The first kappa shape index (κ1) is 8.90. The molecule has 0 rings (SSSR count). The van der Waals surface area contributed by atoms with Gasteiger partial charge in [-0.15, -0.1) is 0 Å². The van der Waals surface area contributed by atoms with E-state index < -0.39 is 0 Å². The van der Waals surface area contributed by atoms with Gasteiger partial charge < -0.3 is 9.47 Å². The summed E-state index contributed by atoms with van der Waals surface area (Å²) in [6.45, 7) is 5.13. The molecule has 0 aromatic carbocycles. The summed E-state index contributed by atoms with van der Waals surface area (Å²) in [6.07, 6.45) is 2.91. The van der Waals surface area contributed by atoms with Gasteiger partial charge in [0.1, 0.15) is 12.5 Å². The first-order valence-electron chi connectivity index (χ1n) is 3.29. The molecule has 0 bridgehead atoms. The maximum Gasteiger partial charge on any atom is 0.133 e. The summed E-state index contributed by atoms with van der Waals surface area (Å²) >= 11 is 0. The van der Waals surface area contributed by atoms with Gasteiger partial charge in [0.05, 0.1) is 13.2 Å². The average Bonchev–Trinajstić information content (AvgIpc) is 1.97. The van der Waals surface area contributed by atoms with Crippen molar-refractivity contribution < 1.29 is 9.47 Å². The Morgan fingerprint density at radius 3 is 1.70 bits per heavy atom. The molecular weight excluding hydrogens is 128 g/mol. The summed E-state index contributed by atoms with van der Waals surface area (Å²) in [6, 6.07) is 0. The molecule has 2 nitrogen and oxygen atoms in total. The molecule has 0 aromatic rings. The fourth-order valence-corrected chi connectivity index (χ4v) is 0.318. The Labute approximate surface area is 61.5 Å². The van der Waals surface area contributed by atoms with Crippen LogP contribution >= 0.6 is 0 Å². The van der Waals surface area contributed by atoms with E-state index in [0.29, 0.717) is 13.2 Å². The standard InChI is InChI=1S/C8H12O2/c1-3-9-7-5-6-8-10-4-2/h7-8H,3-4H2,1-2H3. The Hall–Kier alpha value is -1.10. The third kappa shape index (κ3) is 6.90. The summed E-state index contributed by atoms with van der Waals surface area (Å²) in [4.78, 5) is 0. The van der Waals surface area contributed by atoms with E-state index in [0.717, 1.165) is 0 Å². The number of rotatable bonds is 4. The number of hydrogen-bond acceptors (Lipinski definition) is 2. The normalized spacial score (nSPS) is 7.00. The molecule has 0 aliphatic rings. The van der Waals surface area contributed by atoms with Crippen molar-refractivity contribution in [3.63, 3.8) is 0 Å². The van der Waals surface area contributed by atoms with Crippen molar-refractivity contribution in [2.24, 2.45) is 0 Å². The van der Waals surface area contributed by atoms with Crippen molar-refractivity contribution in [1.29, 1.82) is 0 Å². The second-order valence-corrected chi connectivity index (χ2v) is 1.44. The van der Waals surface area contributed by atoms with Crippen LogP contribution in [-0.2, 0) is 9.47 Å². The van der Waals surface area contributed by atoms with Crippen LogP contribution in [0.5, 0.6) is 0 Å². The molecule has 0 spiro atoms. The van der Waals surface area contributed by atoms with Gasteiger partial charge in [0, 0.05) is 0 Å². The largest absolute Gasteiger partial charge is 0.493 e. The van der Waals surface area contributed by atoms with Crippen molar-refractivity contribution in [1.82, 2.24) is 0 Å². The van der Waals surface area contributed by atoms with Gasteiger partial charge in [-0.25, -0.2) is 0 Å². The Morgan fingerprint density at radius 1 is 1.00 bits per heavy atom. The molecule has 0 aromatic heterocycles. The second kappa shape index (κ2) is 7.90. The van der Waals surface area contributed by atoms with E-state index in [1.807, 2.05) is 13.8 Å². The second-order valence-electron chi connectivity index (χ2n) is 1.44. The zero-order valence-electron chi connectivity index (χ0n) is 6.39. The molecule has 0 aliphatic heterocycles. The van der Waals surface area contributed by atoms with Crippen LogP contribution in [0.4, 0.5) is 0 Å². The first-order chi connectivity index (χ1) is 4.91. The molecule has 0 N–H and O–H groups in total. The maximum atomic E-state index is 4.84. The quantitative estimate of drug-likeness (QED) is 0.438. The lowest BCUT2D eigenvalue weighted by atomic mass is 10.8. The molecule has 0 radical (unpaired) electrons. The highest BCUT2D eigenvalue weighted by molar-refractivity contribution is 4.77. The van der Waals surface area contributed by atoms with E-state index in [4.69, 9.17) is 9.47 Å². The predicted molar refractivity (Wildman–Crippen MR) is 39.4 cm³/mol. The smallest absolute Gasteiger partial charge is 0.133 e. The summed E-state index contributed by atoms with van der Waals surface area (Å²) < 4.78 is 9.68. The minimum atomic E-state index is 0.656. The van der Waals surface area contributed by atoms with E-state index in [1.54, 1.807) is 0 Å². The summed E-state index contributed by atoms with van der Waals surface area (Å²) in [5.41, 5.74) is 5.29. The SMILES string of the molecule is CCOC=C=C=COCC. The highest BCUT2D eigenvalue weighted by Crippen LogP contribution is 1.73. The van der Waals surface area contributed by atoms with Crippen LogP contribution in [0.2, 0.25) is 0 Å². The van der Waals surface area contributed by atoms with Gasteiger partial charge in [-0.3, -0.25) is 0 Å². The minimum absolute atomic E-state index is 0.656. The van der Waals surface area contributed by atoms with Crippen LogP contribution in [-0.4, -0.2) is 13.2 Å². The van der Waals surface area contributed by atoms with Gasteiger partial charge in [-0.1, -0.05) is 0 Å². The van der Waals surface area contributed by atoms with Crippen LogP contribution < -0.4 is 0 Å². The molecule has 0 unspecified atom stereocenters. The van der Waals surface area contributed by atoms with Crippen molar-refractivity contribution in [3.8, 4) is 0 Å². The summed E-state index contributed by atoms with van der Waals surface area (Å²) in [5.74, 6) is 0. The Morgan fingerprint density at radius 2 is 1.40 bits per heavy atom. The van der Waals surface area contributed by atoms with Crippen LogP contribution in [0.25, 0.3) is 0 Å². The molecule has 0 amide bonds. The van der Waals surface area contributed by atoms with Crippen LogP contribution in [0, 0.1) is 0 Å². The van der Waals surface area contributed by atoms with Gasteiger partial charge >= 0.3 is 0 Å². The molecule has 0 heterocycles. The summed E-state index contributed by atoms with van der Waals surface area (Å²) in [7, 11) is 0. The van der Waals surface area contributed by atoms with Gasteiger partial charge in [0.15, 0.2) is 0 Å². The van der Waals surface area contributed by atoms with Crippen molar-refractivity contribution >= 4 is 0 Å². The Balaban J connectivity index is 3.50. The molecule has 10 heavy (non-hydrogen) atoms. The monoisotopic (exact) mass is 140 g/mol. The minimum Gasteiger partial charge on any atom is -0.493 e. The number of ether oxygens (including phenoxy) is 2. The fraction of sp³-hybridized carbons (Fsp3) is 0.500. The van der Waals surface area contributed by atoms with E-state index in [9.17, 15) is 0 Å². The zero-order chi connectivity index (χ0) is 7.66. The molecule has 0 fully saturated rings. The number of hydrogen-bond donors (Lipinski definition) is 0. The lowest BCUT2D eigenvalue weighted by Gasteiger charge is -1.86. The third-order valence-electron chi connectivity index (χ3n) is 0.701. The predicted octanol–water partition coefficient (Wildman–Crippen LogP) is 1.84. The fourth-order valence-electron chi connectivity index (χ4n) is 0.318. The topological polar surface area (TPSA) is 18.5 Å². The molecule has 0 atom stereocenters. The van der Waals surface area contributed by atoms with Crippen molar-refractivity contribution in [3.05, 3.63) is 24.0 Å². The van der Waals surface area contributed by atoms with Gasteiger partial charge in [-0.2, -0.15) is 0 Å². The van der Waals surface area contributed by atoms with E-state index >= 15 is 0 Å². The van der Waals surface area contributed by atoms with Crippen LogP contribution in [0.15, 0.2) is 24.0 Å². The van der Waals surface area contributed by atoms with E-state index in [1.165, 1.54) is 12.5 Å². The lowest BCUT2D eigenvalue weighted by molar-refractivity contribution is 0.267. The molecule has 0 aliphatic carbocycles. The molecule has 0 saturated heterocycles. The first-order valence-corrected chi connectivity index (χ1v) is 3.29. The van der Waals surface area contributed by atoms with Gasteiger partial charge in [0.2, 0.25) is 0 Å². The molecule has 56 valence electrons. The lowest BCUT2D eigenvalue weighted by Crippen LogP contribution is -1.74. The third-order valence-corrected chi connectivity index (χ3v) is 0.701. The maximum absolute atomic E-state index is 4.84. The molecule has 0 saturated carbocycles. The highest BCUT2D eigenvalue weighted by atomic mass is 16.5. The molecular formula is C8H12O2.